The van der Waals surface area contributed by atoms with Gasteiger partial charge in [-0.2, -0.15) is 0 Å². The molecule has 1 N–H and O–H groups in total. The van der Waals surface area contributed by atoms with E-state index in [0.29, 0.717) is 0 Å². The summed E-state index contributed by atoms with van der Waals surface area (Å²) in [4.78, 5) is 13.3. The summed E-state index contributed by atoms with van der Waals surface area (Å²) < 4.78 is 14.1. The zero-order valence-electron chi connectivity index (χ0n) is 11.2. The minimum atomic E-state index is -1.06. The van der Waals surface area contributed by atoms with Gasteiger partial charge in [-0.3, -0.25) is 0 Å². The van der Waals surface area contributed by atoms with Crippen molar-refractivity contribution in [3.63, 3.8) is 0 Å². The third-order valence-corrected chi connectivity index (χ3v) is 3.85. The van der Waals surface area contributed by atoms with E-state index in [1.165, 1.54) is 18.2 Å². The Morgan fingerprint density at radius 3 is 2.89 bits per heavy atom. The fraction of sp³-hybridized carbons (Fsp3) is 0.533. The molecule has 0 spiro atoms. The van der Waals surface area contributed by atoms with Crippen LogP contribution in [0.4, 0.5) is 10.1 Å². The van der Waals surface area contributed by atoms with E-state index in [4.69, 9.17) is 0 Å². The lowest BCUT2D eigenvalue weighted by atomic mass is 10.0. The van der Waals surface area contributed by atoms with Crippen molar-refractivity contribution in [1.82, 2.24) is 0 Å². The number of hydrogen-bond acceptors (Lipinski definition) is 2. The molecule has 1 fully saturated rings. The first kappa shape index (κ1) is 13.8. The summed E-state index contributed by atoms with van der Waals surface area (Å²) in [5.41, 5.74) is 0.337. The molecular weight excluding hydrogens is 245 g/mol. The Hall–Kier alpha value is -1.58. The molecule has 1 heterocycles. The van der Waals surface area contributed by atoms with Gasteiger partial charge in [0.15, 0.2) is 0 Å². The van der Waals surface area contributed by atoms with Crippen LogP contribution in [0.5, 0.6) is 0 Å². The van der Waals surface area contributed by atoms with Gasteiger partial charge in [0.1, 0.15) is 5.82 Å². The van der Waals surface area contributed by atoms with Crippen molar-refractivity contribution in [2.24, 2.45) is 0 Å². The van der Waals surface area contributed by atoms with Crippen molar-refractivity contribution in [2.45, 2.75) is 45.1 Å². The number of carboxylic acids is 1. The number of carbonyl (C=O) groups is 1. The second-order valence-electron chi connectivity index (χ2n) is 5.05. The Bertz CT molecular complexity index is 461. The van der Waals surface area contributed by atoms with Crippen LogP contribution >= 0.6 is 0 Å². The normalized spacial score (nSPS) is 20.1. The molecule has 19 heavy (non-hydrogen) atoms. The number of hydrogen-bond donors (Lipinski definition) is 1. The van der Waals surface area contributed by atoms with Crippen LogP contribution < -0.4 is 4.90 Å². The average Bonchev–Trinajstić information content (AvgIpc) is 2.63. The number of benzene rings is 1. The SMILES string of the molecule is CCC1CCCCCN1c1c(F)cccc1C(=O)O. The molecule has 3 nitrogen and oxygen atoms in total. The average molecular weight is 265 g/mol. The van der Waals surface area contributed by atoms with Gasteiger partial charge in [-0.25, -0.2) is 9.18 Å². The van der Waals surface area contributed by atoms with E-state index in [0.717, 1.165) is 38.6 Å². The molecule has 0 aliphatic carbocycles. The topological polar surface area (TPSA) is 40.5 Å². The highest BCUT2D eigenvalue weighted by Crippen LogP contribution is 2.31. The van der Waals surface area contributed by atoms with Crippen LogP contribution in [-0.2, 0) is 0 Å². The van der Waals surface area contributed by atoms with Crippen molar-refractivity contribution in [3.8, 4) is 0 Å². The van der Waals surface area contributed by atoms with Crippen LogP contribution in [0.1, 0.15) is 49.4 Å². The fourth-order valence-electron chi connectivity index (χ4n) is 2.88. The Balaban J connectivity index is 2.45. The lowest BCUT2D eigenvalue weighted by Crippen LogP contribution is -2.36. The van der Waals surface area contributed by atoms with Crippen LogP contribution in [0.25, 0.3) is 0 Å². The Kier molecular flexibility index (Phi) is 4.40. The summed E-state index contributed by atoms with van der Waals surface area (Å²) in [6.07, 6.45) is 5.16. The number of rotatable bonds is 3. The number of aromatic carboxylic acids is 1. The molecule has 1 aromatic carbocycles. The maximum atomic E-state index is 14.1. The molecule has 1 aromatic rings. The zero-order chi connectivity index (χ0) is 13.8. The second kappa shape index (κ2) is 6.04. The van der Waals surface area contributed by atoms with E-state index in [-0.39, 0.29) is 17.3 Å². The van der Waals surface area contributed by atoms with Crippen molar-refractivity contribution < 1.29 is 14.3 Å². The van der Waals surface area contributed by atoms with Crippen LogP contribution in [0.2, 0.25) is 0 Å². The minimum Gasteiger partial charge on any atom is -0.478 e. The fourth-order valence-corrected chi connectivity index (χ4v) is 2.88. The van der Waals surface area contributed by atoms with Crippen molar-refractivity contribution >= 4 is 11.7 Å². The van der Waals surface area contributed by atoms with Gasteiger partial charge in [-0.05, 0) is 31.4 Å². The molecule has 1 saturated heterocycles. The van der Waals surface area contributed by atoms with Gasteiger partial charge >= 0.3 is 5.97 Å². The van der Waals surface area contributed by atoms with Crippen molar-refractivity contribution in [1.29, 1.82) is 0 Å². The molecule has 0 radical (unpaired) electrons. The molecule has 1 atom stereocenters. The highest BCUT2D eigenvalue weighted by atomic mass is 19.1. The number of para-hydroxylation sites is 1. The van der Waals surface area contributed by atoms with Gasteiger partial charge < -0.3 is 10.0 Å². The van der Waals surface area contributed by atoms with Gasteiger partial charge in [0, 0.05) is 12.6 Å². The lowest BCUT2D eigenvalue weighted by Gasteiger charge is -2.32. The van der Waals surface area contributed by atoms with Gasteiger partial charge in [0.2, 0.25) is 0 Å². The van der Waals surface area contributed by atoms with Crippen LogP contribution in [-0.4, -0.2) is 23.7 Å². The smallest absolute Gasteiger partial charge is 0.337 e. The first-order valence-corrected chi connectivity index (χ1v) is 6.93. The van der Waals surface area contributed by atoms with Gasteiger partial charge in [-0.15, -0.1) is 0 Å². The predicted octanol–water partition coefficient (Wildman–Crippen LogP) is 3.68. The van der Waals surface area contributed by atoms with E-state index in [1.54, 1.807) is 0 Å². The van der Waals surface area contributed by atoms with Gasteiger partial charge in [0.25, 0.3) is 0 Å². The Morgan fingerprint density at radius 2 is 2.21 bits per heavy atom. The Labute approximate surface area is 113 Å². The van der Waals surface area contributed by atoms with Crippen LogP contribution in [0.15, 0.2) is 18.2 Å². The number of halogens is 1. The largest absolute Gasteiger partial charge is 0.478 e. The molecule has 1 aliphatic rings. The van der Waals surface area contributed by atoms with Gasteiger partial charge in [-0.1, -0.05) is 25.8 Å². The minimum absolute atomic E-state index is 0.0698. The summed E-state index contributed by atoms with van der Waals surface area (Å²) in [5, 5.41) is 9.26. The highest BCUT2D eigenvalue weighted by Gasteiger charge is 2.26. The van der Waals surface area contributed by atoms with Crippen LogP contribution in [0, 0.1) is 5.82 Å². The number of nitrogens with zero attached hydrogens (tertiary/aromatic N) is 1. The molecule has 1 unspecified atom stereocenters. The van der Waals surface area contributed by atoms with E-state index in [2.05, 4.69) is 6.92 Å². The molecule has 0 bridgehead atoms. The quantitative estimate of drug-likeness (QED) is 0.906. The first-order valence-electron chi connectivity index (χ1n) is 6.93. The monoisotopic (exact) mass is 265 g/mol. The summed E-state index contributed by atoms with van der Waals surface area (Å²) in [5.74, 6) is -1.49. The standard InChI is InChI=1S/C15H20FNO2/c1-2-11-7-4-3-5-10-17(11)14-12(15(18)19)8-6-9-13(14)16/h6,8-9,11H,2-5,7,10H2,1H3,(H,18,19). The zero-order valence-corrected chi connectivity index (χ0v) is 11.2. The Morgan fingerprint density at radius 1 is 1.42 bits per heavy atom. The summed E-state index contributed by atoms with van der Waals surface area (Å²) in [7, 11) is 0. The molecule has 0 amide bonds. The first-order chi connectivity index (χ1) is 9.15. The second-order valence-corrected chi connectivity index (χ2v) is 5.05. The summed E-state index contributed by atoms with van der Waals surface area (Å²) >= 11 is 0. The van der Waals surface area contributed by atoms with E-state index >= 15 is 0 Å². The number of carboxylic acid groups (broad SMARTS) is 1. The molecule has 1 aliphatic heterocycles. The molecule has 2 rings (SSSR count). The molecule has 104 valence electrons. The van der Waals surface area contributed by atoms with Crippen LogP contribution in [0.3, 0.4) is 0 Å². The lowest BCUT2D eigenvalue weighted by molar-refractivity contribution is 0.0697. The third-order valence-electron chi connectivity index (χ3n) is 3.85. The molecule has 0 aromatic heterocycles. The van der Waals surface area contributed by atoms with Crippen molar-refractivity contribution in [2.75, 3.05) is 11.4 Å². The molecular formula is C15H20FNO2. The highest BCUT2D eigenvalue weighted by molar-refractivity contribution is 5.94. The maximum absolute atomic E-state index is 14.1. The molecule has 4 heteroatoms. The maximum Gasteiger partial charge on any atom is 0.337 e. The summed E-state index contributed by atoms with van der Waals surface area (Å²) in [6.45, 7) is 2.81. The van der Waals surface area contributed by atoms with E-state index in [1.807, 2.05) is 4.90 Å². The third kappa shape index (κ3) is 2.88. The van der Waals surface area contributed by atoms with E-state index < -0.39 is 11.8 Å². The summed E-state index contributed by atoms with van der Waals surface area (Å²) in [6, 6.07) is 4.52. The van der Waals surface area contributed by atoms with E-state index in [9.17, 15) is 14.3 Å². The number of anilines is 1. The predicted molar refractivity (Wildman–Crippen MR) is 73.3 cm³/mol. The molecule has 0 saturated carbocycles. The van der Waals surface area contributed by atoms with Crippen molar-refractivity contribution in [3.05, 3.63) is 29.6 Å². The van der Waals surface area contributed by atoms with Gasteiger partial charge in [0.05, 0.1) is 11.3 Å².